The molecule has 0 spiro atoms. The van der Waals surface area contributed by atoms with E-state index in [9.17, 15) is 8.78 Å². The fourth-order valence-corrected chi connectivity index (χ4v) is 0.483. The first-order valence-electron chi connectivity index (χ1n) is 2.56. The van der Waals surface area contributed by atoms with Crippen molar-refractivity contribution in [1.29, 1.82) is 0 Å². The van der Waals surface area contributed by atoms with Crippen molar-refractivity contribution in [1.82, 2.24) is 9.97 Å². The van der Waals surface area contributed by atoms with Crippen LogP contribution in [0.3, 0.4) is 0 Å². The summed E-state index contributed by atoms with van der Waals surface area (Å²) in [4.78, 5) is 6.19. The minimum Gasteiger partial charge on any atom is -0.382 e. The minimum absolute atomic E-state index is 0.0844. The van der Waals surface area contributed by atoms with E-state index in [2.05, 4.69) is 9.97 Å². The first-order chi connectivity index (χ1) is 4.61. The largest absolute Gasteiger partial charge is 0.382 e. The van der Waals surface area contributed by atoms with Gasteiger partial charge >= 0.3 is 0 Å². The Morgan fingerprint density at radius 2 is 1.70 bits per heavy atom. The molecule has 0 radical (unpaired) electrons. The highest BCUT2D eigenvalue weighted by atomic mass is 19.2. The molecule has 0 fully saturated rings. The molecule has 54 valence electrons. The number of hydrogen-bond acceptors (Lipinski definition) is 3. The molecule has 0 amide bonds. The van der Waals surface area contributed by atoms with E-state index in [0.29, 0.717) is 0 Å². The molecule has 0 atom stereocenters. The number of nitrogens with zero attached hydrogens (tertiary/aromatic N) is 2. The van der Waals surface area contributed by atoms with Crippen molar-refractivity contribution in [2.24, 2.45) is 0 Å². The first kappa shape index (κ1) is 6.85. The monoisotopic (exact) mass is 145 g/mol. The Hall–Kier alpha value is -1.26. The lowest BCUT2D eigenvalue weighted by Gasteiger charge is -1.96. The summed E-state index contributed by atoms with van der Waals surface area (Å²) in [6, 6.07) is 0. The van der Waals surface area contributed by atoms with Crippen LogP contribution in [0.2, 0.25) is 0 Å². The molecule has 0 bridgehead atoms. The van der Waals surface area contributed by atoms with Gasteiger partial charge in [0.2, 0.25) is 0 Å². The highest BCUT2D eigenvalue weighted by molar-refractivity contribution is 5.31. The van der Waals surface area contributed by atoms with Gasteiger partial charge in [0, 0.05) is 0 Å². The van der Waals surface area contributed by atoms with Crippen LogP contribution in [-0.4, -0.2) is 9.97 Å². The molecule has 0 saturated carbocycles. The standard InChI is InChI=1S/C5H5F2N3/c1-2-5(8)10-4(7)3(6)9-2/h1H3,(H2,8,10). The lowest BCUT2D eigenvalue weighted by molar-refractivity contribution is 0.451. The molecule has 3 nitrogen and oxygen atoms in total. The van der Waals surface area contributed by atoms with Crippen LogP contribution in [-0.2, 0) is 0 Å². The van der Waals surface area contributed by atoms with Crippen molar-refractivity contribution in [3.63, 3.8) is 0 Å². The van der Waals surface area contributed by atoms with Crippen molar-refractivity contribution >= 4 is 5.82 Å². The molecular weight excluding hydrogens is 140 g/mol. The zero-order valence-electron chi connectivity index (χ0n) is 5.23. The average Bonchev–Trinajstić information content (AvgIpc) is 1.84. The maximum absolute atomic E-state index is 12.2. The summed E-state index contributed by atoms with van der Waals surface area (Å²) in [6.45, 7) is 1.45. The van der Waals surface area contributed by atoms with Crippen molar-refractivity contribution in [2.75, 3.05) is 5.73 Å². The van der Waals surface area contributed by atoms with Crippen molar-refractivity contribution in [2.45, 2.75) is 6.92 Å². The normalized spacial score (nSPS) is 9.90. The number of hydrogen-bond donors (Lipinski definition) is 1. The molecule has 0 saturated heterocycles. The molecule has 0 aliphatic carbocycles. The molecule has 1 rings (SSSR count). The van der Waals surface area contributed by atoms with Gasteiger partial charge < -0.3 is 5.73 Å². The van der Waals surface area contributed by atoms with Crippen LogP contribution >= 0.6 is 0 Å². The number of nitrogen functional groups attached to an aromatic ring is 1. The third-order valence-electron chi connectivity index (χ3n) is 1.03. The summed E-state index contributed by atoms with van der Waals surface area (Å²) in [5.41, 5.74) is 5.30. The Bertz CT molecular complexity index is 211. The third kappa shape index (κ3) is 1.02. The van der Waals surface area contributed by atoms with E-state index < -0.39 is 11.9 Å². The summed E-state index contributed by atoms with van der Waals surface area (Å²) >= 11 is 0. The van der Waals surface area contributed by atoms with Gasteiger partial charge in [-0.15, -0.1) is 0 Å². The quantitative estimate of drug-likeness (QED) is 0.583. The molecule has 5 heteroatoms. The second-order valence-corrected chi connectivity index (χ2v) is 1.78. The van der Waals surface area contributed by atoms with Gasteiger partial charge in [0.25, 0.3) is 11.9 Å². The molecule has 1 aromatic heterocycles. The van der Waals surface area contributed by atoms with Gasteiger partial charge in [-0.3, -0.25) is 0 Å². The molecule has 2 N–H and O–H groups in total. The molecular formula is C5H5F2N3. The minimum atomic E-state index is -1.26. The predicted molar refractivity (Wildman–Crippen MR) is 31.1 cm³/mol. The SMILES string of the molecule is Cc1nc(F)c(F)nc1N. The van der Waals surface area contributed by atoms with Crippen LogP contribution in [0.15, 0.2) is 0 Å². The van der Waals surface area contributed by atoms with E-state index in [0.717, 1.165) is 0 Å². The molecule has 0 aromatic carbocycles. The third-order valence-corrected chi connectivity index (χ3v) is 1.03. The number of aryl methyl sites for hydroxylation is 1. The zero-order chi connectivity index (χ0) is 7.72. The van der Waals surface area contributed by atoms with Crippen LogP contribution < -0.4 is 5.73 Å². The summed E-state index contributed by atoms with van der Waals surface area (Å²) in [6.07, 6.45) is 0. The summed E-state index contributed by atoms with van der Waals surface area (Å²) in [5, 5.41) is 0. The number of nitrogens with two attached hydrogens (primary N) is 1. The Balaban J connectivity index is 3.28. The van der Waals surface area contributed by atoms with Gasteiger partial charge in [-0.25, -0.2) is 4.98 Å². The zero-order valence-corrected chi connectivity index (χ0v) is 5.23. The average molecular weight is 145 g/mol. The van der Waals surface area contributed by atoms with Crippen LogP contribution in [0, 0.1) is 18.8 Å². The van der Waals surface area contributed by atoms with Gasteiger partial charge in [0.1, 0.15) is 5.82 Å². The van der Waals surface area contributed by atoms with Crippen LogP contribution in [0.1, 0.15) is 5.69 Å². The summed E-state index contributed by atoms with van der Waals surface area (Å²) in [7, 11) is 0. The van der Waals surface area contributed by atoms with E-state index in [1.165, 1.54) is 6.92 Å². The molecule has 0 unspecified atom stereocenters. The molecule has 1 heterocycles. The van der Waals surface area contributed by atoms with E-state index in [1.807, 2.05) is 0 Å². The lowest BCUT2D eigenvalue weighted by Crippen LogP contribution is -2.03. The Labute approximate surface area is 55.9 Å². The van der Waals surface area contributed by atoms with E-state index in [1.54, 1.807) is 0 Å². The van der Waals surface area contributed by atoms with E-state index in [-0.39, 0.29) is 11.5 Å². The topological polar surface area (TPSA) is 51.8 Å². The Kier molecular flexibility index (Phi) is 1.48. The highest BCUT2D eigenvalue weighted by Gasteiger charge is 2.06. The number of anilines is 1. The van der Waals surface area contributed by atoms with Crippen molar-refractivity contribution in [3.05, 3.63) is 17.6 Å². The van der Waals surface area contributed by atoms with E-state index in [4.69, 9.17) is 5.73 Å². The predicted octanol–water partition coefficient (Wildman–Crippen LogP) is 0.645. The molecule has 0 aliphatic heterocycles. The number of aromatic nitrogens is 2. The maximum Gasteiger partial charge on any atom is 0.270 e. The number of halogens is 2. The van der Waals surface area contributed by atoms with Gasteiger partial charge in [-0.2, -0.15) is 13.8 Å². The first-order valence-corrected chi connectivity index (χ1v) is 2.56. The fourth-order valence-electron chi connectivity index (χ4n) is 0.483. The van der Waals surface area contributed by atoms with Crippen LogP contribution in [0.5, 0.6) is 0 Å². The second-order valence-electron chi connectivity index (χ2n) is 1.78. The maximum atomic E-state index is 12.2. The summed E-state index contributed by atoms with van der Waals surface area (Å²) in [5.74, 6) is -2.56. The second kappa shape index (κ2) is 2.17. The van der Waals surface area contributed by atoms with Gasteiger partial charge in [0.15, 0.2) is 0 Å². The van der Waals surface area contributed by atoms with Crippen LogP contribution in [0.25, 0.3) is 0 Å². The molecule has 1 aromatic rings. The van der Waals surface area contributed by atoms with Crippen molar-refractivity contribution < 1.29 is 8.78 Å². The van der Waals surface area contributed by atoms with Crippen molar-refractivity contribution in [3.8, 4) is 0 Å². The molecule has 10 heavy (non-hydrogen) atoms. The Morgan fingerprint density at radius 1 is 1.20 bits per heavy atom. The van der Waals surface area contributed by atoms with E-state index >= 15 is 0 Å². The van der Waals surface area contributed by atoms with Crippen LogP contribution in [0.4, 0.5) is 14.6 Å². The molecule has 0 aliphatic rings. The Morgan fingerprint density at radius 3 is 2.20 bits per heavy atom. The highest BCUT2D eigenvalue weighted by Crippen LogP contribution is 2.06. The number of rotatable bonds is 0. The van der Waals surface area contributed by atoms with Gasteiger partial charge in [-0.05, 0) is 6.92 Å². The van der Waals surface area contributed by atoms with Gasteiger partial charge in [-0.1, -0.05) is 0 Å². The lowest BCUT2D eigenvalue weighted by atomic mass is 10.4. The van der Waals surface area contributed by atoms with Gasteiger partial charge in [0.05, 0.1) is 5.69 Å². The summed E-state index contributed by atoms with van der Waals surface area (Å²) < 4.78 is 24.3. The fraction of sp³-hybridized carbons (Fsp3) is 0.200. The smallest absolute Gasteiger partial charge is 0.270 e.